The highest BCUT2D eigenvalue weighted by molar-refractivity contribution is 7.03. The van der Waals surface area contributed by atoms with Crippen molar-refractivity contribution >= 4 is 61.7 Å². The number of nitrogens with zero attached hydrogens (tertiary/aromatic N) is 1. The normalized spacial score (nSPS) is 14.1. The van der Waals surface area contributed by atoms with Crippen LogP contribution in [0.5, 0.6) is 0 Å². The fourth-order valence-electron chi connectivity index (χ4n) is 7.51. The summed E-state index contributed by atoms with van der Waals surface area (Å²) in [5.41, 5.74) is 15.3. The molecule has 0 unspecified atom stereocenters. The number of benzene rings is 6. The van der Waals surface area contributed by atoms with E-state index in [0.717, 1.165) is 0 Å². The second-order valence-electron chi connectivity index (χ2n) is 12.1. The predicted molar refractivity (Wildman–Crippen MR) is 164 cm³/mol. The SMILES string of the molecule is CC(C)(C)c1ccc(N2c3ccc4cccc5c4c3B3c4c-5cccc4-c4cccc5ccc2c3c45)cc1. The minimum atomic E-state index is 0.124. The van der Waals surface area contributed by atoms with Gasteiger partial charge in [-0.25, -0.2) is 0 Å². The molecule has 3 aliphatic heterocycles. The lowest BCUT2D eigenvalue weighted by Gasteiger charge is -2.43. The quantitative estimate of drug-likeness (QED) is 0.218. The van der Waals surface area contributed by atoms with E-state index in [1.807, 2.05) is 0 Å². The molecule has 3 aliphatic rings. The highest BCUT2D eigenvalue weighted by Gasteiger charge is 2.45. The Morgan fingerprint density at radius 2 is 1.00 bits per heavy atom. The monoisotopic (exact) mass is 483 g/mol. The Balaban J connectivity index is 1.47. The molecule has 0 aliphatic carbocycles. The fraction of sp³-hybridized carbons (Fsp3) is 0.111. The molecule has 0 atom stereocenters. The molecule has 0 N–H and O–H groups in total. The van der Waals surface area contributed by atoms with Crippen molar-refractivity contribution in [1.82, 2.24) is 0 Å². The van der Waals surface area contributed by atoms with Crippen LogP contribution in [0, 0.1) is 0 Å². The van der Waals surface area contributed by atoms with Crippen LogP contribution in [-0.2, 0) is 5.41 Å². The molecule has 0 bridgehead atoms. The van der Waals surface area contributed by atoms with Gasteiger partial charge in [-0.2, -0.15) is 0 Å². The Morgan fingerprint density at radius 1 is 0.500 bits per heavy atom. The third kappa shape index (κ3) is 2.40. The molecule has 0 amide bonds. The molecule has 0 spiro atoms. The van der Waals surface area contributed by atoms with E-state index in [0.29, 0.717) is 0 Å². The average Bonchev–Trinajstić information content (AvgIpc) is 2.94. The molecule has 6 aromatic carbocycles. The molecule has 3 heterocycles. The van der Waals surface area contributed by atoms with Gasteiger partial charge < -0.3 is 4.90 Å². The highest BCUT2D eigenvalue weighted by atomic mass is 15.1. The standard InChI is InChI=1S/C36H26BN/c1-36(2,3)23-15-17-24(18-16-23)38-29-19-13-21-7-4-9-25-27-11-6-12-28-26-10-5-8-22-14-20-30(38)35(32(22)26)37(33(27)28)34(29)31(21)25/h4-20H,1-3H3. The summed E-state index contributed by atoms with van der Waals surface area (Å²) in [6, 6.07) is 39.2. The maximum absolute atomic E-state index is 2.53. The summed E-state index contributed by atoms with van der Waals surface area (Å²) < 4.78 is 0. The van der Waals surface area contributed by atoms with Crippen LogP contribution in [0.3, 0.4) is 0 Å². The summed E-state index contributed by atoms with van der Waals surface area (Å²) in [5.74, 6) is 0. The molecule has 9 rings (SSSR count). The molecule has 0 radical (unpaired) electrons. The van der Waals surface area contributed by atoms with Gasteiger partial charge in [0.1, 0.15) is 0 Å². The molecule has 0 saturated carbocycles. The van der Waals surface area contributed by atoms with Crippen LogP contribution in [-0.4, -0.2) is 6.71 Å². The molecule has 178 valence electrons. The van der Waals surface area contributed by atoms with E-state index < -0.39 is 0 Å². The van der Waals surface area contributed by atoms with Gasteiger partial charge in [0.05, 0.1) is 0 Å². The van der Waals surface area contributed by atoms with Gasteiger partial charge >= 0.3 is 0 Å². The van der Waals surface area contributed by atoms with E-state index in [1.54, 1.807) is 0 Å². The van der Waals surface area contributed by atoms with Crippen molar-refractivity contribution in [2.45, 2.75) is 26.2 Å². The zero-order valence-electron chi connectivity index (χ0n) is 21.8. The van der Waals surface area contributed by atoms with Crippen molar-refractivity contribution in [2.75, 3.05) is 4.90 Å². The molecule has 0 saturated heterocycles. The van der Waals surface area contributed by atoms with Gasteiger partial charge in [-0.05, 0) is 90.0 Å². The lowest BCUT2D eigenvalue weighted by Crippen LogP contribution is -2.61. The maximum Gasteiger partial charge on any atom is 0.249 e. The van der Waals surface area contributed by atoms with Gasteiger partial charge in [-0.15, -0.1) is 0 Å². The maximum atomic E-state index is 2.53. The minimum Gasteiger partial charge on any atom is -0.311 e. The van der Waals surface area contributed by atoms with Gasteiger partial charge in [0.25, 0.3) is 0 Å². The molecule has 6 aromatic rings. The third-order valence-corrected chi connectivity index (χ3v) is 9.15. The molecule has 38 heavy (non-hydrogen) atoms. The molecule has 0 fully saturated rings. The number of fused-ring (bicyclic) bond motifs is 2. The lowest BCUT2D eigenvalue weighted by atomic mass is 9.29. The van der Waals surface area contributed by atoms with Gasteiger partial charge in [-0.1, -0.05) is 105 Å². The van der Waals surface area contributed by atoms with E-state index in [1.165, 1.54) is 82.8 Å². The topological polar surface area (TPSA) is 3.24 Å². The Kier molecular flexibility index (Phi) is 3.69. The van der Waals surface area contributed by atoms with Crippen LogP contribution in [0.15, 0.2) is 103 Å². The van der Waals surface area contributed by atoms with Gasteiger partial charge in [0.2, 0.25) is 6.71 Å². The summed E-state index contributed by atoms with van der Waals surface area (Å²) in [6.45, 7) is 7.10. The Morgan fingerprint density at radius 3 is 1.53 bits per heavy atom. The largest absolute Gasteiger partial charge is 0.311 e. The Labute approximate surface area is 223 Å². The van der Waals surface area contributed by atoms with Gasteiger partial charge in [-0.3, -0.25) is 0 Å². The second kappa shape index (κ2) is 6.77. The first-order valence-electron chi connectivity index (χ1n) is 13.7. The third-order valence-electron chi connectivity index (χ3n) is 9.15. The zero-order valence-corrected chi connectivity index (χ0v) is 21.8. The van der Waals surface area contributed by atoms with Crippen LogP contribution in [0.4, 0.5) is 17.1 Å². The highest BCUT2D eigenvalue weighted by Crippen LogP contribution is 2.46. The van der Waals surface area contributed by atoms with Crippen LogP contribution in [0.1, 0.15) is 26.3 Å². The van der Waals surface area contributed by atoms with Crippen molar-refractivity contribution in [1.29, 1.82) is 0 Å². The first-order chi connectivity index (χ1) is 18.5. The van der Waals surface area contributed by atoms with E-state index in [-0.39, 0.29) is 12.1 Å². The molecule has 2 heteroatoms. The molecule has 1 nitrogen and oxygen atoms in total. The van der Waals surface area contributed by atoms with Crippen molar-refractivity contribution in [2.24, 2.45) is 0 Å². The molecular formula is C36H26BN. The summed E-state index contributed by atoms with van der Waals surface area (Å²) in [5, 5.41) is 5.49. The summed E-state index contributed by atoms with van der Waals surface area (Å²) in [7, 11) is 0. The van der Waals surface area contributed by atoms with Crippen LogP contribution >= 0.6 is 0 Å². The summed E-state index contributed by atoms with van der Waals surface area (Å²) in [4.78, 5) is 2.53. The average molecular weight is 483 g/mol. The van der Waals surface area contributed by atoms with E-state index in [4.69, 9.17) is 0 Å². The predicted octanol–water partition coefficient (Wildman–Crippen LogP) is 7.55. The lowest BCUT2D eigenvalue weighted by molar-refractivity contribution is 0.590. The summed E-state index contributed by atoms with van der Waals surface area (Å²) in [6.07, 6.45) is 0. The number of hydrogen-bond donors (Lipinski definition) is 0. The first-order valence-corrected chi connectivity index (χ1v) is 13.7. The summed E-state index contributed by atoms with van der Waals surface area (Å²) >= 11 is 0. The van der Waals surface area contributed by atoms with E-state index in [2.05, 4.69) is 129 Å². The molecular weight excluding hydrogens is 457 g/mol. The van der Waals surface area contributed by atoms with Crippen molar-refractivity contribution in [3.05, 3.63) is 109 Å². The fourth-order valence-corrected chi connectivity index (χ4v) is 7.51. The van der Waals surface area contributed by atoms with Crippen LogP contribution < -0.4 is 21.3 Å². The van der Waals surface area contributed by atoms with Crippen LogP contribution in [0.25, 0.3) is 43.8 Å². The Hall–Kier alpha value is -4.30. The Bertz CT molecular complexity index is 1900. The number of anilines is 3. The van der Waals surface area contributed by atoms with Crippen molar-refractivity contribution in [3.8, 4) is 22.3 Å². The van der Waals surface area contributed by atoms with E-state index >= 15 is 0 Å². The minimum absolute atomic E-state index is 0.124. The van der Waals surface area contributed by atoms with Gasteiger partial charge in [0, 0.05) is 17.1 Å². The van der Waals surface area contributed by atoms with E-state index in [9.17, 15) is 0 Å². The van der Waals surface area contributed by atoms with Crippen LogP contribution in [0.2, 0.25) is 0 Å². The first kappa shape index (κ1) is 20.7. The number of hydrogen-bond acceptors (Lipinski definition) is 1. The second-order valence-corrected chi connectivity index (χ2v) is 12.1. The zero-order chi connectivity index (χ0) is 25.3. The smallest absolute Gasteiger partial charge is 0.249 e. The number of rotatable bonds is 1. The van der Waals surface area contributed by atoms with Crippen molar-refractivity contribution in [3.63, 3.8) is 0 Å². The molecule has 0 aromatic heterocycles. The van der Waals surface area contributed by atoms with Gasteiger partial charge in [0.15, 0.2) is 0 Å². The van der Waals surface area contributed by atoms with Crippen molar-refractivity contribution < 1.29 is 0 Å².